The molecule has 1 aromatic carbocycles. The highest BCUT2D eigenvalue weighted by Crippen LogP contribution is 2.33. The Kier molecular flexibility index (Phi) is 4.20. The van der Waals surface area contributed by atoms with Crippen LogP contribution in [0.25, 0.3) is 0 Å². The lowest BCUT2D eigenvalue weighted by molar-refractivity contribution is 0.0901. The Morgan fingerprint density at radius 2 is 2.16 bits per heavy atom. The van der Waals surface area contributed by atoms with Crippen molar-refractivity contribution in [2.45, 2.75) is 25.8 Å². The maximum Gasteiger partial charge on any atom is 0.255 e. The molecule has 1 unspecified atom stereocenters. The summed E-state index contributed by atoms with van der Waals surface area (Å²) in [4.78, 5) is 12.3. The van der Waals surface area contributed by atoms with Gasteiger partial charge in [0.15, 0.2) is 11.5 Å². The number of rotatable bonds is 4. The number of alkyl halides is 1. The quantitative estimate of drug-likeness (QED) is 0.864. The standard InChI is InChI=1S/C14H18ClNO3/c1-3-14(2,9-15)16-13(17)10-5-4-6-11-12(10)19-8-7-18-11/h4-6H,3,7-9H2,1-2H3,(H,16,17). The highest BCUT2D eigenvalue weighted by Gasteiger charge is 2.27. The summed E-state index contributed by atoms with van der Waals surface area (Å²) < 4.78 is 11.0. The van der Waals surface area contributed by atoms with Gasteiger partial charge in [0.1, 0.15) is 13.2 Å². The minimum atomic E-state index is -0.420. The zero-order chi connectivity index (χ0) is 13.9. The number of ether oxygens (including phenoxy) is 2. The van der Waals surface area contributed by atoms with Crippen molar-refractivity contribution >= 4 is 17.5 Å². The first kappa shape index (κ1) is 14.0. The summed E-state index contributed by atoms with van der Waals surface area (Å²) in [6.45, 7) is 4.87. The number of fused-ring (bicyclic) bond motifs is 1. The molecule has 1 atom stereocenters. The average molecular weight is 284 g/mol. The third-order valence-corrected chi connectivity index (χ3v) is 3.89. The van der Waals surface area contributed by atoms with E-state index in [9.17, 15) is 4.79 Å². The predicted octanol–water partition coefficient (Wildman–Crippen LogP) is 2.60. The molecule has 0 saturated carbocycles. The van der Waals surface area contributed by atoms with Crippen molar-refractivity contribution in [3.05, 3.63) is 23.8 Å². The smallest absolute Gasteiger partial charge is 0.255 e. The minimum absolute atomic E-state index is 0.188. The number of nitrogens with one attached hydrogen (secondary N) is 1. The number of hydrogen-bond acceptors (Lipinski definition) is 3. The molecule has 1 aliphatic heterocycles. The lowest BCUT2D eigenvalue weighted by Gasteiger charge is -2.28. The van der Waals surface area contributed by atoms with Gasteiger partial charge < -0.3 is 14.8 Å². The third-order valence-electron chi connectivity index (χ3n) is 3.30. The van der Waals surface area contributed by atoms with E-state index in [4.69, 9.17) is 21.1 Å². The van der Waals surface area contributed by atoms with Gasteiger partial charge in [-0.1, -0.05) is 13.0 Å². The fourth-order valence-electron chi connectivity index (χ4n) is 1.81. The molecule has 5 heteroatoms. The average Bonchev–Trinajstić information content (AvgIpc) is 2.46. The maximum atomic E-state index is 12.3. The van der Waals surface area contributed by atoms with Crippen LogP contribution in [-0.2, 0) is 0 Å². The molecule has 0 fully saturated rings. The Morgan fingerprint density at radius 3 is 2.84 bits per heavy atom. The van der Waals surface area contributed by atoms with Crippen molar-refractivity contribution in [3.8, 4) is 11.5 Å². The zero-order valence-electron chi connectivity index (χ0n) is 11.2. The van der Waals surface area contributed by atoms with E-state index in [0.717, 1.165) is 6.42 Å². The van der Waals surface area contributed by atoms with Gasteiger partial charge in [-0.25, -0.2) is 0 Å². The van der Waals surface area contributed by atoms with Crippen LogP contribution in [0.2, 0.25) is 0 Å². The number of benzene rings is 1. The Morgan fingerprint density at radius 1 is 1.42 bits per heavy atom. The summed E-state index contributed by atoms with van der Waals surface area (Å²) in [7, 11) is 0. The lowest BCUT2D eigenvalue weighted by Crippen LogP contribution is -2.47. The van der Waals surface area contributed by atoms with Gasteiger partial charge in [-0.3, -0.25) is 4.79 Å². The Labute approximate surface area is 118 Å². The molecule has 1 aliphatic rings. The van der Waals surface area contributed by atoms with Gasteiger partial charge >= 0.3 is 0 Å². The van der Waals surface area contributed by atoms with Gasteiger partial charge in [-0.05, 0) is 25.5 Å². The fraction of sp³-hybridized carbons (Fsp3) is 0.500. The first-order valence-corrected chi connectivity index (χ1v) is 6.90. The van der Waals surface area contributed by atoms with Crippen LogP contribution in [0.1, 0.15) is 30.6 Å². The molecule has 2 rings (SSSR count). The van der Waals surface area contributed by atoms with E-state index >= 15 is 0 Å². The molecule has 1 aromatic rings. The van der Waals surface area contributed by atoms with Crippen LogP contribution in [-0.4, -0.2) is 30.5 Å². The molecule has 0 bridgehead atoms. The van der Waals surface area contributed by atoms with Crippen LogP contribution < -0.4 is 14.8 Å². The van der Waals surface area contributed by atoms with E-state index in [-0.39, 0.29) is 5.91 Å². The van der Waals surface area contributed by atoms with Crippen molar-refractivity contribution < 1.29 is 14.3 Å². The first-order chi connectivity index (χ1) is 9.09. The summed E-state index contributed by atoms with van der Waals surface area (Å²) in [5.74, 6) is 1.30. The molecule has 1 heterocycles. The number of carbonyl (C=O) groups is 1. The van der Waals surface area contributed by atoms with Crippen LogP contribution >= 0.6 is 11.6 Å². The van der Waals surface area contributed by atoms with Crippen molar-refractivity contribution in [1.82, 2.24) is 5.32 Å². The minimum Gasteiger partial charge on any atom is -0.486 e. The second kappa shape index (κ2) is 5.70. The van der Waals surface area contributed by atoms with Crippen LogP contribution in [0.15, 0.2) is 18.2 Å². The molecule has 19 heavy (non-hydrogen) atoms. The summed E-state index contributed by atoms with van der Waals surface area (Å²) in [5, 5.41) is 2.95. The van der Waals surface area contributed by atoms with E-state index in [0.29, 0.717) is 36.2 Å². The molecule has 1 amide bonds. The first-order valence-electron chi connectivity index (χ1n) is 6.37. The normalized spacial score (nSPS) is 16.6. The summed E-state index contributed by atoms with van der Waals surface area (Å²) in [6.07, 6.45) is 0.759. The Hall–Kier alpha value is -1.42. The molecule has 0 radical (unpaired) electrons. The Bertz CT molecular complexity index is 472. The number of hydrogen-bond donors (Lipinski definition) is 1. The zero-order valence-corrected chi connectivity index (χ0v) is 11.9. The highest BCUT2D eigenvalue weighted by molar-refractivity contribution is 6.18. The number of carbonyl (C=O) groups excluding carboxylic acids is 1. The lowest BCUT2D eigenvalue weighted by atomic mass is 10.0. The largest absolute Gasteiger partial charge is 0.486 e. The molecule has 0 aromatic heterocycles. The van der Waals surface area contributed by atoms with Crippen molar-refractivity contribution in [2.24, 2.45) is 0 Å². The van der Waals surface area contributed by atoms with Gasteiger partial charge in [-0.2, -0.15) is 0 Å². The second-order valence-corrected chi connectivity index (χ2v) is 5.10. The summed E-state index contributed by atoms with van der Waals surface area (Å²) in [5.41, 5.74) is 0.0682. The van der Waals surface area contributed by atoms with Crippen molar-refractivity contribution in [2.75, 3.05) is 19.1 Å². The summed E-state index contributed by atoms with van der Waals surface area (Å²) in [6, 6.07) is 5.31. The van der Waals surface area contributed by atoms with E-state index in [1.165, 1.54) is 0 Å². The van der Waals surface area contributed by atoms with Crippen molar-refractivity contribution in [1.29, 1.82) is 0 Å². The summed E-state index contributed by atoms with van der Waals surface area (Å²) >= 11 is 5.91. The molecule has 0 saturated heterocycles. The van der Waals surface area contributed by atoms with Crippen LogP contribution in [0.5, 0.6) is 11.5 Å². The Balaban J connectivity index is 2.25. The van der Waals surface area contributed by atoms with Crippen LogP contribution in [0.3, 0.4) is 0 Å². The maximum absolute atomic E-state index is 12.3. The molecule has 4 nitrogen and oxygen atoms in total. The molecule has 1 N–H and O–H groups in total. The van der Waals surface area contributed by atoms with Gasteiger partial charge in [0.25, 0.3) is 5.91 Å². The van der Waals surface area contributed by atoms with Gasteiger partial charge in [-0.15, -0.1) is 11.6 Å². The van der Waals surface area contributed by atoms with Gasteiger partial charge in [0.05, 0.1) is 11.1 Å². The SMILES string of the molecule is CCC(C)(CCl)NC(=O)c1cccc2c1OCCO2. The van der Waals surface area contributed by atoms with Gasteiger partial charge in [0, 0.05) is 5.88 Å². The predicted molar refractivity (Wildman–Crippen MR) is 74.3 cm³/mol. The molecule has 0 aliphatic carbocycles. The molecular weight excluding hydrogens is 266 g/mol. The fourth-order valence-corrected chi connectivity index (χ4v) is 2.07. The third kappa shape index (κ3) is 2.95. The molecule has 104 valence electrons. The second-order valence-electron chi connectivity index (χ2n) is 4.83. The van der Waals surface area contributed by atoms with Crippen molar-refractivity contribution in [3.63, 3.8) is 0 Å². The molecule has 0 spiro atoms. The highest BCUT2D eigenvalue weighted by atomic mass is 35.5. The van der Waals surface area contributed by atoms with E-state index in [1.807, 2.05) is 13.8 Å². The van der Waals surface area contributed by atoms with Crippen LogP contribution in [0.4, 0.5) is 0 Å². The van der Waals surface area contributed by atoms with Gasteiger partial charge in [0.2, 0.25) is 0 Å². The van der Waals surface area contributed by atoms with Crippen LogP contribution in [0, 0.1) is 0 Å². The molecular formula is C14H18ClNO3. The van der Waals surface area contributed by atoms with E-state index in [1.54, 1.807) is 18.2 Å². The topological polar surface area (TPSA) is 47.6 Å². The van der Waals surface area contributed by atoms with E-state index < -0.39 is 5.54 Å². The number of amides is 1. The number of para-hydroxylation sites is 1. The number of halogens is 1. The van der Waals surface area contributed by atoms with E-state index in [2.05, 4.69) is 5.32 Å². The monoisotopic (exact) mass is 283 g/mol.